The van der Waals surface area contributed by atoms with Crippen molar-refractivity contribution in [2.45, 2.75) is 6.92 Å². The number of nitrogens with zero attached hydrogens (tertiary/aromatic N) is 2. The van der Waals surface area contributed by atoms with Crippen LogP contribution in [-0.2, 0) is 7.05 Å². The van der Waals surface area contributed by atoms with Crippen molar-refractivity contribution in [1.29, 1.82) is 5.26 Å². The van der Waals surface area contributed by atoms with Crippen LogP contribution in [-0.4, -0.2) is 15.6 Å². The van der Waals surface area contributed by atoms with Crippen molar-refractivity contribution in [3.63, 3.8) is 0 Å². The fraction of sp³-hybridized carbons (Fsp3) is 0.100. The van der Waals surface area contributed by atoms with Gasteiger partial charge in [0.25, 0.3) is 0 Å². The van der Waals surface area contributed by atoms with Gasteiger partial charge in [-0.2, -0.15) is 5.26 Å². The van der Waals surface area contributed by atoms with Crippen LogP contribution in [0.2, 0.25) is 0 Å². The van der Waals surface area contributed by atoms with E-state index in [4.69, 9.17) is 5.26 Å². The molecule has 0 bridgehead atoms. The number of rotatable bonds is 3. The van der Waals surface area contributed by atoms with E-state index in [2.05, 4.69) is 6.07 Å². The second kappa shape index (κ2) is 6.05. The Labute approximate surface area is 140 Å². The smallest absolute Gasteiger partial charge is 0.352 e. The Balaban J connectivity index is 2.24. The Kier molecular flexibility index (Phi) is 3.93. The molecule has 0 aliphatic rings. The molecule has 0 aliphatic carbocycles. The quantitative estimate of drug-likeness (QED) is 0.786. The Hall–Kier alpha value is -3.32. The highest BCUT2D eigenvalue weighted by Crippen LogP contribution is 2.35. The predicted octanol–water partition coefficient (Wildman–Crippen LogP) is 4.24. The average molecular weight is 316 g/mol. The first-order valence-corrected chi connectivity index (χ1v) is 7.52. The van der Waals surface area contributed by atoms with Crippen molar-refractivity contribution in [3.05, 3.63) is 71.4 Å². The summed E-state index contributed by atoms with van der Waals surface area (Å²) >= 11 is 0. The van der Waals surface area contributed by atoms with Gasteiger partial charge in [0, 0.05) is 12.6 Å². The van der Waals surface area contributed by atoms with Crippen LogP contribution in [0, 0.1) is 18.3 Å². The molecule has 1 N–H and O–H groups in total. The Morgan fingerprint density at radius 3 is 2.17 bits per heavy atom. The van der Waals surface area contributed by atoms with Crippen molar-refractivity contribution in [3.8, 4) is 28.5 Å². The third kappa shape index (κ3) is 2.68. The number of aryl methyl sites for hydroxylation is 1. The van der Waals surface area contributed by atoms with Gasteiger partial charge in [0.2, 0.25) is 0 Å². The minimum absolute atomic E-state index is 0.227. The van der Waals surface area contributed by atoms with Crippen molar-refractivity contribution in [1.82, 2.24) is 4.57 Å². The van der Waals surface area contributed by atoms with Gasteiger partial charge in [-0.15, -0.1) is 0 Å². The largest absolute Gasteiger partial charge is 0.477 e. The van der Waals surface area contributed by atoms with Crippen LogP contribution in [0.3, 0.4) is 0 Å². The second-order valence-electron chi connectivity index (χ2n) is 5.71. The molecule has 0 saturated carbocycles. The van der Waals surface area contributed by atoms with Gasteiger partial charge in [-0.3, -0.25) is 0 Å². The number of nitriles is 1. The van der Waals surface area contributed by atoms with Gasteiger partial charge in [-0.25, -0.2) is 4.79 Å². The van der Waals surface area contributed by atoms with Gasteiger partial charge in [0.05, 0.1) is 17.3 Å². The first-order valence-electron chi connectivity index (χ1n) is 7.52. The zero-order chi connectivity index (χ0) is 17.3. The number of carbonyl (C=O) groups is 1. The summed E-state index contributed by atoms with van der Waals surface area (Å²) in [5.41, 5.74) is 5.46. The molecule has 0 radical (unpaired) electrons. The van der Waals surface area contributed by atoms with E-state index in [-0.39, 0.29) is 5.69 Å². The lowest BCUT2D eigenvalue weighted by Crippen LogP contribution is -2.05. The minimum Gasteiger partial charge on any atom is -0.477 e. The van der Waals surface area contributed by atoms with Crippen LogP contribution in [0.15, 0.2) is 54.6 Å². The summed E-state index contributed by atoms with van der Waals surface area (Å²) in [4.78, 5) is 11.5. The second-order valence-corrected chi connectivity index (χ2v) is 5.71. The highest BCUT2D eigenvalue weighted by Gasteiger charge is 2.19. The normalized spacial score (nSPS) is 10.4. The molecular weight excluding hydrogens is 300 g/mol. The predicted molar refractivity (Wildman–Crippen MR) is 92.7 cm³/mol. The molecule has 0 saturated heterocycles. The summed E-state index contributed by atoms with van der Waals surface area (Å²) in [7, 11) is 1.76. The Morgan fingerprint density at radius 1 is 1.04 bits per heavy atom. The molecule has 4 nitrogen and oxygen atoms in total. The molecule has 4 heteroatoms. The third-order valence-corrected chi connectivity index (χ3v) is 4.10. The molecule has 0 unspecified atom stereocenters. The molecule has 0 amide bonds. The molecule has 1 heterocycles. The number of hydrogen-bond donors (Lipinski definition) is 1. The molecule has 118 valence electrons. The summed E-state index contributed by atoms with van der Waals surface area (Å²) in [6.45, 7) is 2.01. The fourth-order valence-corrected chi connectivity index (χ4v) is 2.81. The van der Waals surface area contributed by atoms with Gasteiger partial charge < -0.3 is 9.67 Å². The first-order chi connectivity index (χ1) is 11.5. The number of benzene rings is 2. The van der Waals surface area contributed by atoms with Crippen LogP contribution in [0.4, 0.5) is 0 Å². The molecule has 0 spiro atoms. The summed E-state index contributed by atoms with van der Waals surface area (Å²) in [5.74, 6) is -0.967. The first kappa shape index (κ1) is 15.6. The van der Waals surface area contributed by atoms with Crippen LogP contribution in [0.1, 0.15) is 21.6 Å². The standard InChI is InChI=1S/C20H16N2O2/c1-13-3-7-16(8-4-13)19-17(11-18(20(23)24)22(19)2)15-9-5-14(12-21)6-10-15/h3-11H,1-2H3,(H,23,24). The maximum absolute atomic E-state index is 11.5. The van der Waals surface area contributed by atoms with E-state index in [1.54, 1.807) is 29.8 Å². The van der Waals surface area contributed by atoms with E-state index in [1.807, 2.05) is 43.3 Å². The third-order valence-electron chi connectivity index (χ3n) is 4.10. The van der Waals surface area contributed by atoms with Crippen LogP contribution >= 0.6 is 0 Å². The number of aromatic carboxylic acids is 1. The van der Waals surface area contributed by atoms with E-state index in [0.29, 0.717) is 5.56 Å². The molecule has 24 heavy (non-hydrogen) atoms. The monoisotopic (exact) mass is 316 g/mol. The van der Waals surface area contributed by atoms with Gasteiger partial charge in [0.15, 0.2) is 0 Å². The van der Waals surface area contributed by atoms with E-state index in [0.717, 1.165) is 27.9 Å². The van der Waals surface area contributed by atoms with E-state index >= 15 is 0 Å². The van der Waals surface area contributed by atoms with Crippen molar-refractivity contribution in [2.75, 3.05) is 0 Å². The maximum atomic E-state index is 11.5. The van der Waals surface area contributed by atoms with Crippen molar-refractivity contribution >= 4 is 5.97 Å². The molecular formula is C20H16N2O2. The van der Waals surface area contributed by atoms with Gasteiger partial charge in [-0.05, 0) is 36.2 Å². The Morgan fingerprint density at radius 2 is 1.62 bits per heavy atom. The number of aromatic nitrogens is 1. The van der Waals surface area contributed by atoms with Gasteiger partial charge in [0.1, 0.15) is 5.69 Å². The van der Waals surface area contributed by atoms with Crippen LogP contribution < -0.4 is 0 Å². The summed E-state index contributed by atoms with van der Waals surface area (Å²) in [5, 5.41) is 18.4. The fourth-order valence-electron chi connectivity index (χ4n) is 2.81. The number of hydrogen-bond acceptors (Lipinski definition) is 2. The Bertz CT molecular complexity index is 943. The molecule has 1 aromatic heterocycles. The lowest BCUT2D eigenvalue weighted by Gasteiger charge is -2.09. The summed E-state index contributed by atoms with van der Waals surface area (Å²) in [6, 6.07) is 18.9. The summed E-state index contributed by atoms with van der Waals surface area (Å²) < 4.78 is 1.69. The van der Waals surface area contributed by atoms with Gasteiger partial charge in [-0.1, -0.05) is 42.0 Å². The van der Waals surface area contributed by atoms with E-state index in [1.165, 1.54) is 0 Å². The van der Waals surface area contributed by atoms with Crippen LogP contribution in [0.5, 0.6) is 0 Å². The molecule has 3 aromatic rings. The highest BCUT2D eigenvalue weighted by atomic mass is 16.4. The SMILES string of the molecule is Cc1ccc(-c2c(-c3ccc(C#N)cc3)cc(C(=O)O)n2C)cc1. The van der Waals surface area contributed by atoms with Crippen molar-refractivity contribution in [2.24, 2.45) is 7.05 Å². The molecule has 3 rings (SSSR count). The lowest BCUT2D eigenvalue weighted by atomic mass is 10.00. The molecule has 0 atom stereocenters. The topological polar surface area (TPSA) is 66.0 Å². The zero-order valence-electron chi connectivity index (χ0n) is 13.4. The van der Waals surface area contributed by atoms with Crippen LogP contribution in [0.25, 0.3) is 22.4 Å². The molecule has 2 aromatic carbocycles. The van der Waals surface area contributed by atoms with E-state index < -0.39 is 5.97 Å². The van der Waals surface area contributed by atoms with Crippen molar-refractivity contribution < 1.29 is 9.90 Å². The molecule has 0 fully saturated rings. The van der Waals surface area contributed by atoms with Gasteiger partial charge >= 0.3 is 5.97 Å². The number of carboxylic acid groups (broad SMARTS) is 1. The molecule has 0 aliphatic heterocycles. The van der Waals surface area contributed by atoms with E-state index in [9.17, 15) is 9.90 Å². The zero-order valence-corrected chi connectivity index (χ0v) is 13.4. The highest BCUT2D eigenvalue weighted by molar-refractivity contribution is 5.93. The minimum atomic E-state index is -0.967. The maximum Gasteiger partial charge on any atom is 0.352 e. The summed E-state index contributed by atoms with van der Waals surface area (Å²) in [6.07, 6.45) is 0. The number of carboxylic acids is 1. The lowest BCUT2D eigenvalue weighted by molar-refractivity contribution is 0.0687. The average Bonchev–Trinajstić information content (AvgIpc) is 2.93.